The number of hydrogen-bond donors (Lipinski definition) is 2. The van der Waals surface area contributed by atoms with Crippen LogP contribution < -0.4 is 15.6 Å². The molecule has 1 aliphatic rings. The molecule has 1 saturated heterocycles. The van der Waals surface area contributed by atoms with Crippen molar-refractivity contribution >= 4 is 15.9 Å². The van der Waals surface area contributed by atoms with Gasteiger partial charge in [-0.05, 0) is 44.5 Å². The van der Waals surface area contributed by atoms with Crippen LogP contribution in [0, 0.1) is 0 Å². The van der Waals surface area contributed by atoms with Gasteiger partial charge in [-0.2, -0.15) is 0 Å². The van der Waals surface area contributed by atoms with Crippen molar-refractivity contribution in [2.75, 3.05) is 19.3 Å². The van der Waals surface area contributed by atoms with Crippen LogP contribution in [0.25, 0.3) is 11.1 Å². The number of nitrogens with zero attached hydrogens (tertiary/aromatic N) is 1. The Hall–Kier alpha value is -2.81. The number of aromatic amines is 1. The molecule has 1 aliphatic heterocycles. The number of urea groups is 1. The number of H-pyrrole nitrogens is 1. The predicted octanol–water partition coefficient (Wildman–Crippen LogP) is 2.80. The Morgan fingerprint density at radius 1 is 1.13 bits per heavy atom. The highest BCUT2D eigenvalue weighted by Gasteiger charge is 2.27. The lowest BCUT2D eigenvalue weighted by atomic mass is 10.1. The number of ether oxygens (including phenoxy) is 1. The lowest BCUT2D eigenvalue weighted by molar-refractivity contribution is 0.109. The molecular formula is C22H29N3O5S. The van der Waals surface area contributed by atoms with Gasteiger partial charge in [0, 0.05) is 43.9 Å². The monoisotopic (exact) mass is 447 g/mol. The summed E-state index contributed by atoms with van der Waals surface area (Å²) in [6, 6.07) is 7.77. The third kappa shape index (κ3) is 5.88. The van der Waals surface area contributed by atoms with Gasteiger partial charge in [-0.25, -0.2) is 13.2 Å². The van der Waals surface area contributed by atoms with Gasteiger partial charge in [0.2, 0.25) is 0 Å². The maximum atomic E-state index is 12.5. The summed E-state index contributed by atoms with van der Waals surface area (Å²) in [6.07, 6.45) is 3.83. The van der Waals surface area contributed by atoms with E-state index in [1.807, 2.05) is 20.8 Å². The molecule has 0 radical (unpaired) electrons. The fraction of sp³-hybridized carbons (Fsp3) is 0.455. The number of rotatable bonds is 4. The molecule has 3 rings (SSSR count). The van der Waals surface area contributed by atoms with Gasteiger partial charge >= 0.3 is 6.03 Å². The molecule has 1 fully saturated rings. The van der Waals surface area contributed by atoms with Crippen LogP contribution in [0.5, 0.6) is 5.75 Å². The van der Waals surface area contributed by atoms with Crippen LogP contribution in [0.2, 0.25) is 0 Å². The number of aromatic nitrogens is 1. The largest absolute Gasteiger partial charge is 0.489 e. The van der Waals surface area contributed by atoms with Crippen molar-refractivity contribution in [3.63, 3.8) is 0 Å². The van der Waals surface area contributed by atoms with E-state index in [-0.39, 0.29) is 28.1 Å². The number of carbonyl (C=O) groups excluding carboxylic acids is 1. The summed E-state index contributed by atoms with van der Waals surface area (Å²) < 4.78 is 29.6. The van der Waals surface area contributed by atoms with Crippen molar-refractivity contribution in [1.29, 1.82) is 0 Å². The maximum Gasteiger partial charge on any atom is 0.317 e. The zero-order valence-corrected chi connectivity index (χ0v) is 19.1. The van der Waals surface area contributed by atoms with Gasteiger partial charge in [-0.15, -0.1) is 0 Å². The molecule has 0 bridgehead atoms. The van der Waals surface area contributed by atoms with Crippen LogP contribution in [0.4, 0.5) is 4.79 Å². The van der Waals surface area contributed by atoms with Gasteiger partial charge < -0.3 is 19.9 Å². The summed E-state index contributed by atoms with van der Waals surface area (Å²) in [5.74, 6) is 0.438. The Morgan fingerprint density at radius 2 is 1.74 bits per heavy atom. The van der Waals surface area contributed by atoms with E-state index in [1.165, 1.54) is 18.3 Å². The summed E-state index contributed by atoms with van der Waals surface area (Å²) in [5.41, 5.74) is 0.324. The van der Waals surface area contributed by atoms with Crippen LogP contribution in [0.3, 0.4) is 0 Å². The van der Waals surface area contributed by atoms with Crippen molar-refractivity contribution in [2.45, 2.75) is 50.2 Å². The maximum absolute atomic E-state index is 12.5. The van der Waals surface area contributed by atoms with Crippen molar-refractivity contribution in [3.8, 4) is 16.9 Å². The molecule has 0 aliphatic carbocycles. The molecular weight excluding hydrogens is 418 g/mol. The zero-order chi connectivity index (χ0) is 22.8. The quantitative estimate of drug-likeness (QED) is 0.749. The zero-order valence-electron chi connectivity index (χ0n) is 18.3. The summed E-state index contributed by atoms with van der Waals surface area (Å²) in [4.78, 5) is 29.5. The van der Waals surface area contributed by atoms with Crippen LogP contribution >= 0.6 is 0 Å². The lowest BCUT2D eigenvalue weighted by Crippen LogP contribution is -2.51. The smallest absolute Gasteiger partial charge is 0.317 e. The first-order chi connectivity index (χ1) is 14.4. The third-order valence-electron chi connectivity index (χ3n) is 5.00. The van der Waals surface area contributed by atoms with Crippen LogP contribution in [-0.4, -0.2) is 55.3 Å². The summed E-state index contributed by atoms with van der Waals surface area (Å²) in [5, 5.41) is 2.96. The Labute approximate surface area is 182 Å². The highest BCUT2D eigenvalue weighted by molar-refractivity contribution is 7.90. The van der Waals surface area contributed by atoms with E-state index in [9.17, 15) is 18.0 Å². The van der Waals surface area contributed by atoms with E-state index in [1.54, 1.807) is 23.1 Å². The third-order valence-corrected chi connectivity index (χ3v) is 6.13. The van der Waals surface area contributed by atoms with Gasteiger partial charge in [0.05, 0.1) is 10.5 Å². The molecule has 1 aromatic carbocycles. The lowest BCUT2D eigenvalue weighted by Gasteiger charge is -2.34. The normalized spacial score (nSPS) is 15.5. The minimum atomic E-state index is -3.32. The van der Waals surface area contributed by atoms with Crippen molar-refractivity contribution in [2.24, 2.45) is 0 Å². The van der Waals surface area contributed by atoms with E-state index < -0.39 is 9.84 Å². The van der Waals surface area contributed by atoms with Gasteiger partial charge in [0.25, 0.3) is 5.56 Å². The Kier molecular flexibility index (Phi) is 6.45. The number of likely N-dealkylation sites (tertiary alicyclic amines) is 1. The molecule has 31 heavy (non-hydrogen) atoms. The minimum absolute atomic E-state index is 0.0891. The number of benzene rings is 1. The second kappa shape index (κ2) is 8.74. The standard InChI is InChI=1S/C22H29N3O5S/c1-22(2,3)24-21(27)25-13-10-16(11-14-25)30-18-9-12-23-20(26)19(18)15-5-7-17(8-6-15)31(4,28)29/h5-9,12,16H,10-11,13-14H2,1-4H3,(H,23,26)(H,24,27). The summed E-state index contributed by atoms with van der Waals surface area (Å²) in [6.45, 7) is 6.95. The number of carbonyl (C=O) groups is 1. The second-order valence-corrected chi connectivity index (χ2v) is 10.8. The second-order valence-electron chi connectivity index (χ2n) is 8.83. The van der Waals surface area contributed by atoms with Crippen LogP contribution in [-0.2, 0) is 9.84 Å². The molecule has 1 aromatic heterocycles. The number of sulfone groups is 1. The molecule has 2 aromatic rings. The van der Waals surface area contributed by atoms with Crippen molar-refractivity contribution in [3.05, 3.63) is 46.9 Å². The molecule has 168 valence electrons. The highest BCUT2D eigenvalue weighted by atomic mass is 32.2. The molecule has 0 spiro atoms. The van der Waals surface area contributed by atoms with E-state index >= 15 is 0 Å². The van der Waals surface area contributed by atoms with E-state index in [0.717, 1.165) is 6.26 Å². The summed E-state index contributed by atoms with van der Waals surface area (Å²) in [7, 11) is -3.32. The van der Waals surface area contributed by atoms with Crippen LogP contribution in [0.15, 0.2) is 46.2 Å². The molecule has 0 atom stereocenters. The number of hydrogen-bond acceptors (Lipinski definition) is 5. The Morgan fingerprint density at radius 3 is 2.29 bits per heavy atom. The molecule has 2 N–H and O–H groups in total. The molecule has 2 amide bonds. The number of amides is 2. The van der Waals surface area contributed by atoms with Gasteiger partial charge in [0.1, 0.15) is 11.9 Å². The van der Waals surface area contributed by atoms with Gasteiger partial charge in [-0.3, -0.25) is 4.79 Å². The first-order valence-corrected chi connectivity index (χ1v) is 12.1. The fourth-order valence-electron chi connectivity index (χ4n) is 3.46. The number of pyridine rings is 1. The molecule has 2 heterocycles. The van der Waals surface area contributed by atoms with Gasteiger partial charge in [0.15, 0.2) is 9.84 Å². The predicted molar refractivity (Wildman–Crippen MR) is 119 cm³/mol. The van der Waals surface area contributed by atoms with Gasteiger partial charge in [-0.1, -0.05) is 12.1 Å². The minimum Gasteiger partial charge on any atom is -0.489 e. The van der Waals surface area contributed by atoms with E-state index in [4.69, 9.17) is 4.74 Å². The van der Waals surface area contributed by atoms with E-state index in [0.29, 0.717) is 42.8 Å². The van der Waals surface area contributed by atoms with E-state index in [2.05, 4.69) is 10.3 Å². The first-order valence-electron chi connectivity index (χ1n) is 10.2. The first kappa shape index (κ1) is 22.9. The Balaban J connectivity index is 1.74. The average molecular weight is 448 g/mol. The summed E-state index contributed by atoms with van der Waals surface area (Å²) >= 11 is 0. The number of piperidine rings is 1. The van der Waals surface area contributed by atoms with Crippen molar-refractivity contribution in [1.82, 2.24) is 15.2 Å². The Bertz CT molecular complexity index is 1090. The highest BCUT2D eigenvalue weighted by Crippen LogP contribution is 2.29. The molecule has 9 heteroatoms. The number of nitrogens with one attached hydrogen (secondary N) is 2. The fourth-order valence-corrected chi connectivity index (χ4v) is 4.09. The van der Waals surface area contributed by atoms with Crippen molar-refractivity contribution < 1.29 is 17.9 Å². The molecule has 0 unspecified atom stereocenters. The molecule has 0 saturated carbocycles. The van der Waals surface area contributed by atoms with Crippen LogP contribution in [0.1, 0.15) is 33.6 Å². The SMILES string of the molecule is CC(C)(C)NC(=O)N1CCC(Oc2cc[nH]c(=O)c2-c2ccc(S(C)(=O)=O)cc2)CC1. The average Bonchev–Trinajstić information content (AvgIpc) is 2.67. The molecule has 8 nitrogen and oxygen atoms in total. The topological polar surface area (TPSA) is 109 Å².